The predicted octanol–water partition coefficient (Wildman–Crippen LogP) is 4.15. The summed E-state index contributed by atoms with van der Waals surface area (Å²) in [6.07, 6.45) is 5.00. The molecule has 2 atom stereocenters. The lowest BCUT2D eigenvalue weighted by molar-refractivity contribution is -0.150. The van der Waals surface area contributed by atoms with Crippen molar-refractivity contribution in [1.29, 1.82) is 0 Å². The third-order valence-electron chi connectivity index (χ3n) is 9.64. The number of likely N-dealkylation sites (tertiary alicyclic amines) is 1. The van der Waals surface area contributed by atoms with E-state index in [1.54, 1.807) is 6.07 Å². The van der Waals surface area contributed by atoms with Crippen LogP contribution in [0.4, 0.5) is 0 Å². The van der Waals surface area contributed by atoms with Crippen LogP contribution in [0.25, 0.3) is 0 Å². The van der Waals surface area contributed by atoms with Crippen LogP contribution in [0.15, 0.2) is 18.2 Å². The molecule has 2 bridgehead atoms. The lowest BCUT2D eigenvalue weighted by Gasteiger charge is -2.61. The predicted molar refractivity (Wildman–Crippen MR) is 121 cm³/mol. The van der Waals surface area contributed by atoms with Crippen molar-refractivity contribution in [2.24, 2.45) is 28.4 Å². The maximum atomic E-state index is 13.7. The first kappa shape index (κ1) is 22.2. The second-order valence-corrected chi connectivity index (χ2v) is 11.5. The summed E-state index contributed by atoms with van der Waals surface area (Å²) in [5, 5.41) is 10.6. The molecule has 5 heteroatoms. The fraction of sp³-hybridized carbons (Fsp3) is 0.692. The minimum Gasteiger partial charge on any atom is -0.508 e. The van der Waals surface area contributed by atoms with E-state index in [0.717, 1.165) is 44.2 Å². The van der Waals surface area contributed by atoms with Crippen molar-refractivity contribution in [2.45, 2.75) is 84.6 Å². The van der Waals surface area contributed by atoms with E-state index < -0.39 is 5.41 Å². The van der Waals surface area contributed by atoms with Crippen LogP contribution < -0.4 is 5.73 Å². The molecule has 170 valence electrons. The van der Waals surface area contributed by atoms with Crippen LogP contribution in [0.2, 0.25) is 0 Å². The van der Waals surface area contributed by atoms with Gasteiger partial charge in [0.05, 0.1) is 0 Å². The van der Waals surface area contributed by atoms with E-state index in [-0.39, 0.29) is 40.5 Å². The molecule has 1 aliphatic heterocycles. The zero-order valence-corrected chi connectivity index (χ0v) is 19.7. The summed E-state index contributed by atoms with van der Waals surface area (Å²) < 4.78 is 0. The summed E-state index contributed by atoms with van der Waals surface area (Å²) in [5.41, 5.74) is 7.22. The topological polar surface area (TPSA) is 83.6 Å². The van der Waals surface area contributed by atoms with Crippen molar-refractivity contribution in [3.8, 4) is 5.75 Å². The number of hydrogen-bond donors (Lipinski definition) is 2. The molecule has 1 saturated heterocycles. The number of nitrogens with zero attached hydrogens (tertiary/aromatic N) is 1. The lowest BCUT2D eigenvalue weighted by Crippen LogP contribution is -2.65. The number of primary amides is 1. The van der Waals surface area contributed by atoms with Crippen LogP contribution in [-0.4, -0.2) is 34.4 Å². The third kappa shape index (κ3) is 3.18. The van der Waals surface area contributed by atoms with Crippen molar-refractivity contribution in [1.82, 2.24) is 4.90 Å². The molecule has 1 aromatic rings. The summed E-state index contributed by atoms with van der Waals surface area (Å²) >= 11 is 0. The van der Waals surface area contributed by atoms with Crippen LogP contribution in [0.1, 0.15) is 77.8 Å². The van der Waals surface area contributed by atoms with E-state index in [4.69, 9.17) is 5.73 Å². The first-order valence-electron chi connectivity index (χ1n) is 11.8. The SMILES string of the molecule is CC(C)(C(N)=O)C1CCC(C(=O)N2CC[C@@]3(C)c4cccc(O)c4C[C@@H]2C3(C)C)CC1. The number of rotatable bonds is 3. The molecule has 0 radical (unpaired) electrons. The second-order valence-electron chi connectivity index (χ2n) is 11.5. The molecule has 0 aromatic heterocycles. The van der Waals surface area contributed by atoms with Crippen molar-refractivity contribution in [3.05, 3.63) is 29.3 Å². The van der Waals surface area contributed by atoms with Gasteiger partial charge in [0.15, 0.2) is 0 Å². The van der Waals surface area contributed by atoms with Gasteiger partial charge in [-0.25, -0.2) is 0 Å². The van der Waals surface area contributed by atoms with Gasteiger partial charge in [-0.15, -0.1) is 0 Å². The van der Waals surface area contributed by atoms with E-state index in [1.165, 1.54) is 5.56 Å². The number of carbonyl (C=O) groups is 2. The maximum Gasteiger partial charge on any atom is 0.225 e. The number of carbonyl (C=O) groups excluding carboxylic acids is 2. The Morgan fingerprint density at radius 3 is 2.39 bits per heavy atom. The number of fused-ring (bicyclic) bond motifs is 4. The molecule has 3 aliphatic rings. The minimum absolute atomic E-state index is 0.0193. The molecule has 3 N–H and O–H groups in total. The summed E-state index contributed by atoms with van der Waals surface area (Å²) in [6.45, 7) is 11.5. The Morgan fingerprint density at radius 1 is 1.13 bits per heavy atom. The third-order valence-corrected chi connectivity index (χ3v) is 9.64. The summed E-state index contributed by atoms with van der Waals surface area (Å²) in [4.78, 5) is 27.7. The molecule has 2 aliphatic carbocycles. The second kappa shape index (κ2) is 7.25. The van der Waals surface area contributed by atoms with Gasteiger partial charge in [-0.3, -0.25) is 9.59 Å². The zero-order chi connectivity index (χ0) is 22.8. The van der Waals surface area contributed by atoms with Crippen LogP contribution in [-0.2, 0) is 21.4 Å². The first-order chi connectivity index (χ1) is 14.4. The van der Waals surface area contributed by atoms with Crippen LogP contribution in [0, 0.1) is 22.7 Å². The first-order valence-corrected chi connectivity index (χ1v) is 11.8. The van der Waals surface area contributed by atoms with Gasteiger partial charge in [-0.2, -0.15) is 0 Å². The van der Waals surface area contributed by atoms with E-state index in [2.05, 4.69) is 31.7 Å². The van der Waals surface area contributed by atoms with Crippen LogP contribution in [0.5, 0.6) is 5.75 Å². The fourth-order valence-electron chi connectivity index (χ4n) is 6.69. The van der Waals surface area contributed by atoms with Gasteiger partial charge in [0.25, 0.3) is 0 Å². The smallest absolute Gasteiger partial charge is 0.225 e. The maximum absolute atomic E-state index is 13.7. The van der Waals surface area contributed by atoms with E-state index in [0.29, 0.717) is 12.2 Å². The highest BCUT2D eigenvalue weighted by molar-refractivity contribution is 5.81. The monoisotopic (exact) mass is 426 g/mol. The number of nitrogens with two attached hydrogens (primary N) is 1. The fourth-order valence-corrected chi connectivity index (χ4v) is 6.69. The van der Waals surface area contributed by atoms with Gasteiger partial charge >= 0.3 is 0 Å². The molecular weight excluding hydrogens is 388 g/mol. The van der Waals surface area contributed by atoms with Gasteiger partial charge in [0, 0.05) is 29.3 Å². The van der Waals surface area contributed by atoms with E-state index in [1.807, 2.05) is 19.9 Å². The number of phenols is 1. The molecule has 2 amide bonds. The van der Waals surface area contributed by atoms with Crippen molar-refractivity contribution >= 4 is 11.8 Å². The zero-order valence-electron chi connectivity index (χ0n) is 19.7. The Bertz CT molecular complexity index is 898. The highest BCUT2D eigenvalue weighted by atomic mass is 16.3. The molecule has 1 aromatic carbocycles. The Labute approximate surface area is 186 Å². The number of amides is 2. The Hall–Kier alpha value is -2.04. The average molecular weight is 427 g/mol. The molecule has 1 heterocycles. The lowest BCUT2D eigenvalue weighted by atomic mass is 9.51. The highest BCUT2D eigenvalue weighted by Gasteiger charge is 2.57. The average Bonchev–Trinajstić information content (AvgIpc) is 2.71. The van der Waals surface area contributed by atoms with Crippen molar-refractivity contribution in [2.75, 3.05) is 6.54 Å². The number of aromatic hydroxyl groups is 1. The molecule has 0 spiro atoms. The van der Waals surface area contributed by atoms with E-state index >= 15 is 0 Å². The number of hydrogen-bond acceptors (Lipinski definition) is 3. The molecule has 1 saturated carbocycles. The molecule has 0 unspecified atom stereocenters. The van der Waals surface area contributed by atoms with Gasteiger partial charge < -0.3 is 15.7 Å². The van der Waals surface area contributed by atoms with E-state index in [9.17, 15) is 14.7 Å². The Morgan fingerprint density at radius 2 is 1.77 bits per heavy atom. The van der Waals surface area contributed by atoms with Crippen molar-refractivity contribution < 1.29 is 14.7 Å². The summed E-state index contributed by atoms with van der Waals surface area (Å²) in [7, 11) is 0. The van der Waals surface area contributed by atoms with Crippen molar-refractivity contribution in [3.63, 3.8) is 0 Å². The Kier molecular flexibility index (Phi) is 5.18. The summed E-state index contributed by atoms with van der Waals surface area (Å²) in [5.74, 6) is 0.626. The van der Waals surface area contributed by atoms with Gasteiger partial charge in [0.2, 0.25) is 11.8 Å². The standard InChI is InChI=1S/C26H38N2O3/c1-24(2,23(27)31)17-11-9-16(10-12-17)22(30)28-14-13-26(5)19-7-6-8-20(29)18(19)15-21(28)25(26,3)4/h6-8,16-17,21,29H,9-15H2,1-5H3,(H2,27,31)/t16?,17?,21-,26+/m1/s1. The van der Waals surface area contributed by atoms with Crippen LogP contribution in [0.3, 0.4) is 0 Å². The minimum atomic E-state index is -0.520. The van der Waals surface area contributed by atoms with Gasteiger partial charge in [0.1, 0.15) is 5.75 Å². The number of benzene rings is 1. The quantitative estimate of drug-likeness (QED) is 0.761. The molecule has 4 rings (SSSR count). The molecular formula is C26H38N2O3. The largest absolute Gasteiger partial charge is 0.508 e. The Balaban J connectivity index is 1.55. The molecule has 5 nitrogen and oxygen atoms in total. The van der Waals surface area contributed by atoms with Crippen LogP contribution >= 0.6 is 0 Å². The molecule has 2 fully saturated rings. The molecule has 31 heavy (non-hydrogen) atoms. The summed E-state index contributed by atoms with van der Waals surface area (Å²) in [6, 6.07) is 5.95. The number of piperidine rings is 1. The van der Waals surface area contributed by atoms with Gasteiger partial charge in [-0.1, -0.05) is 46.8 Å². The number of phenolic OH excluding ortho intramolecular Hbond substituents is 1. The highest BCUT2D eigenvalue weighted by Crippen LogP contribution is 2.57. The normalized spacial score (nSPS) is 32.3. The van der Waals surface area contributed by atoms with Gasteiger partial charge in [-0.05, 0) is 67.1 Å².